The van der Waals surface area contributed by atoms with Crippen LogP contribution in [0.5, 0.6) is 0 Å². The van der Waals surface area contributed by atoms with Gasteiger partial charge in [-0.15, -0.1) is 0 Å². The number of aliphatic hydroxyl groups excluding tert-OH is 2. The molecule has 0 aromatic heterocycles. The molecule has 0 saturated carbocycles. The molecule has 0 unspecified atom stereocenters. The lowest BCUT2D eigenvalue weighted by Gasteiger charge is -2.33. The maximum absolute atomic E-state index is 10.8. The number of nitrogens with one attached hydrogen (secondary N) is 1. The van der Waals surface area contributed by atoms with Gasteiger partial charge >= 0.3 is 0 Å². The molecule has 1 saturated heterocycles. The number of allylic oxidation sites excluding steroid dienone is 2. The first-order chi connectivity index (χ1) is 13.8. The summed E-state index contributed by atoms with van der Waals surface area (Å²) in [5.41, 5.74) is 2.96. The van der Waals surface area contributed by atoms with E-state index in [4.69, 9.17) is 0 Å². The Hall–Kier alpha value is -2.25. The average Bonchev–Trinajstić information content (AvgIpc) is 2.71. The van der Waals surface area contributed by atoms with Crippen molar-refractivity contribution in [2.24, 2.45) is 5.41 Å². The van der Waals surface area contributed by atoms with Gasteiger partial charge in [0.25, 0.3) is 5.69 Å². The SMILES string of the molecule is CC1(C)CC(N[C@H](CO)[C@H](O)c2ccc([N+](=O)[O-])cc2)=CC(=[N+]2CCCCC2)C1. The second kappa shape index (κ2) is 9.05. The lowest BCUT2D eigenvalue weighted by molar-refractivity contribution is -0.538. The van der Waals surface area contributed by atoms with E-state index in [9.17, 15) is 20.3 Å². The van der Waals surface area contributed by atoms with E-state index in [0.29, 0.717) is 5.56 Å². The average molecular weight is 403 g/mol. The highest BCUT2D eigenvalue weighted by Gasteiger charge is 2.33. The number of benzene rings is 1. The van der Waals surface area contributed by atoms with Crippen molar-refractivity contribution in [1.29, 1.82) is 0 Å². The number of nitrogens with zero attached hydrogens (tertiary/aromatic N) is 2. The highest BCUT2D eigenvalue weighted by molar-refractivity contribution is 5.92. The smallest absolute Gasteiger partial charge is 0.269 e. The molecule has 2 atom stereocenters. The van der Waals surface area contributed by atoms with Gasteiger partial charge in [0.1, 0.15) is 19.2 Å². The van der Waals surface area contributed by atoms with E-state index in [1.165, 1.54) is 49.2 Å². The minimum Gasteiger partial charge on any atom is -0.394 e. The Kier molecular flexibility index (Phi) is 6.70. The van der Waals surface area contributed by atoms with E-state index >= 15 is 0 Å². The van der Waals surface area contributed by atoms with Crippen molar-refractivity contribution in [3.63, 3.8) is 0 Å². The van der Waals surface area contributed by atoms with Crippen molar-refractivity contribution in [3.05, 3.63) is 51.7 Å². The van der Waals surface area contributed by atoms with Crippen molar-refractivity contribution in [2.45, 2.75) is 58.1 Å². The van der Waals surface area contributed by atoms with Crippen molar-refractivity contribution in [3.8, 4) is 0 Å². The van der Waals surface area contributed by atoms with E-state index < -0.39 is 17.1 Å². The summed E-state index contributed by atoms with van der Waals surface area (Å²) in [6.07, 6.45) is 6.81. The van der Waals surface area contributed by atoms with E-state index in [1.807, 2.05) is 0 Å². The summed E-state index contributed by atoms with van der Waals surface area (Å²) in [5, 5.41) is 34.8. The van der Waals surface area contributed by atoms with Crippen LogP contribution in [0.15, 0.2) is 36.0 Å². The molecule has 0 bridgehead atoms. The Morgan fingerprint density at radius 1 is 1.17 bits per heavy atom. The van der Waals surface area contributed by atoms with Gasteiger partial charge in [-0.2, -0.15) is 0 Å². The number of rotatable bonds is 6. The lowest BCUT2D eigenvalue weighted by atomic mass is 9.78. The molecule has 3 N–H and O–H groups in total. The number of nitro groups is 1. The number of aliphatic hydroxyl groups is 2. The van der Waals surface area contributed by atoms with Gasteiger partial charge in [0.05, 0.1) is 17.6 Å². The normalized spacial score (nSPS) is 21.3. The number of hydrogen-bond donors (Lipinski definition) is 3. The van der Waals surface area contributed by atoms with Crippen molar-refractivity contribution < 1.29 is 19.7 Å². The summed E-state index contributed by atoms with van der Waals surface area (Å²) >= 11 is 0. The zero-order valence-electron chi connectivity index (χ0n) is 17.3. The molecule has 7 heteroatoms. The first-order valence-electron chi connectivity index (χ1n) is 10.4. The zero-order chi connectivity index (χ0) is 21.0. The zero-order valence-corrected chi connectivity index (χ0v) is 17.3. The van der Waals surface area contributed by atoms with Crippen LogP contribution in [0.2, 0.25) is 0 Å². The first-order valence-corrected chi connectivity index (χ1v) is 10.4. The molecule has 3 rings (SSSR count). The third kappa shape index (κ3) is 5.42. The molecule has 0 radical (unpaired) electrons. The topological polar surface area (TPSA) is 98.6 Å². The van der Waals surface area contributed by atoms with E-state index in [0.717, 1.165) is 31.6 Å². The number of hydrogen-bond acceptors (Lipinski definition) is 5. The fraction of sp³-hybridized carbons (Fsp3) is 0.591. The Morgan fingerprint density at radius 2 is 1.83 bits per heavy atom. The van der Waals surface area contributed by atoms with Crippen LogP contribution in [-0.2, 0) is 0 Å². The summed E-state index contributed by atoms with van der Waals surface area (Å²) in [5.74, 6) is 0. The van der Waals surface area contributed by atoms with Gasteiger partial charge in [0.15, 0.2) is 5.71 Å². The maximum Gasteiger partial charge on any atom is 0.269 e. The number of nitro benzene ring substituents is 1. The molecular weight excluding hydrogens is 370 g/mol. The maximum atomic E-state index is 10.8. The van der Waals surface area contributed by atoms with Gasteiger partial charge in [-0.3, -0.25) is 10.1 Å². The highest BCUT2D eigenvalue weighted by atomic mass is 16.6. The predicted octanol–water partition coefficient (Wildman–Crippen LogP) is 2.92. The van der Waals surface area contributed by atoms with E-state index in [1.54, 1.807) is 0 Å². The molecule has 158 valence electrons. The van der Waals surface area contributed by atoms with Gasteiger partial charge in [-0.25, -0.2) is 4.58 Å². The minimum atomic E-state index is -0.967. The largest absolute Gasteiger partial charge is 0.394 e. The molecule has 1 fully saturated rings. The fourth-order valence-corrected chi connectivity index (χ4v) is 4.34. The molecule has 0 spiro atoms. The molecule has 1 aliphatic heterocycles. The Bertz CT molecular complexity index is 791. The van der Waals surface area contributed by atoms with Crippen LogP contribution in [0.25, 0.3) is 0 Å². The third-order valence-corrected chi connectivity index (χ3v) is 5.83. The van der Waals surface area contributed by atoms with Crippen LogP contribution in [0.3, 0.4) is 0 Å². The minimum absolute atomic E-state index is 0.0213. The van der Waals surface area contributed by atoms with Crippen LogP contribution in [0.4, 0.5) is 5.69 Å². The summed E-state index contributed by atoms with van der Waals surface area (Å²) < 4.78 is 2.47. The molecule has 2 aliphatic rings. The Balaban J connectivity index is 1.79. The van der Waals surface area contributed by atoms with Crippen LogP contribution in [0.1, 0.15) is 57.6 Å². The van der Waals surface area contributed by atoms with Crippen LogP contribution in [0, 0.1) is 15.5 Å². The van der Waals surface area contributed by atoms with Gasteiger partial charge < -0.3 is 15.5 Å². The van der Waals surface area contributed by atoms with E-state index in [-0.39, 0.29) is 17.7 Å². The number of non-ortho nitro benzene ring substituents is 1. The molecule has 1 heterocycles. The second-order valence-electron chi connectivity index (χ2n) is 8.95. The number of piperidine rings is 1. The van der Waals surface area contributed by atoms with Crippen molar-refractivity contribution in [1.82, 2.24) is 5.32 Å². The van der Waals surface area contributed by atoms with Crippen molar-refractivity contribution >= 4 is 11.4 Å². The summed E-state index contributed by atoms with van der Waals surface area (Å²) in [4.78, 5) is 10.4. The molecule has 0 amide bonds. The third-order valence-electron chi connectivity index (χ3n) is 5.83. The van der Waals surface area contributed by atoms with Gasteiger partial charge in [-0.05, 0) is 36.0 Å². The summed E-state index contributed by atoms with van der Waals surface area (Å²) in [6.45, 7) is 6.42. The van der Waals surface area contributed by atoms with Gasteiger partial charge in [-0.1, -0.05) is 13.8 Å². The quantitative estimate of drug-likeness (QED) is 0.386. The molecule has 1 aliphatic carbocycles. The lowest BCUT2D eigenvalue weighted by Crippen LogP contribution is -2.41. The van der Waals surface area contributed by atoms with Crippen LogP contribution < -0.4 is 5.32 Å². The van der Waals surface area contributed by atoms with Crippen molar-refractivity contribution in [2.75, 3.05) is 19.7 Å². The Morgan fingerprint density at radius 3 is 2.41 bits per heavy atom. The van der Waals surface area contributed by atoms with Crippen LogP contribution >= 0.6 is 0 Å². The first kappa shape index (κ1) is 21.5. The second-order valence-corrected chi connectivity index (χ2v) is 8.95. The van der Waals surface area contributed by atoms with Gasteiger partial charge in [0, 0.05) is 43.2 Å². The highest BCUT2D eigenvalue weighted by Crippen LogP contribution is 2.34. The molecule has 7 nitrogen and oxygen atoms in total. The van der Waals surface area contributed by atoms with Crippen LogP contribution in [-0.4, -0.2) is 51.2 Å². The summed E-state index contributed by atoms with van der Waals surface area (Å²) in [7, 11) is 0. The Labute approximate surface area is 171 Å². The van der Waals surface area contributed by atoms with Gasteiger partial charge in [0.2, 0.25) is 0 Å². The standard InChI is InChI=1S/C22H31N3O4/c1-22(2)13-17(12-19(14-22)24-10-4-3-5-11-24)23-20(15-26)21(27)16-6-8-18(9-7-16)25(28)29/h6-9,12,20-21,26-27H,3-5,10-11,13-15H2,1-2H3/p+1/t20-,21-/m1/s1. The fourth-order valence-electron chi connectivity index (χ4n) is 4.34. The molecule has 1 aromatic carbocycles. The summed E-state index contributed by atoms with van der Waals surface area (Å²) in [6, 6.07) is 5.24. The van der Waals surface area contributed by atoms with E-state index in [2.05, 4.69) is 29.8 Å². The molecule has 29 heavy (non-hydrogen) atoms. The molecular formula is C22H32N3O4+. The monoisotopic (exact) mass is 402 g/mol. The predicted molar refractivity (Wildman–Crippen MR) is 112 cm³/mol. The molecule has 1 aromatic rings.